The van der Waals surface area contributed by atoms with Crippen LogP contribution in [0, 0.1) is 6.92 Å². The molecule has 82 valence electrons. The third kappa shape index (κ3) is 3.08. The Bertz CT molecular complexity index is 333. The zero-order valence-electron chi connectivity index (χ0n) is 9.79. The first-order valence-corrected chi connectivity index (χ1v) is 5.46. The zero-order valence-corrected chi connectivity index (χ0v) is 9.79. The van der Waals surface area contributed by atoms with E-state index >= 15 is 0 Å². The molecule has 0 atom stereocenters. The van der Waals surface area contributed by atoms with E-state index in [4.69, 9.17) is 0 Å². The molecule has 0 unspecified atom stereocenters. The van der Waals surface area contributed by atoms with Gasteiger partial charge in [0, 0.05) is 12.7 Å². The summed E-state index contributed by atoms with van der Waals surface area (Å²) >= 11 is 0. The van der Waals surface area contributed by atoms with E-state index in [0.717, 1.165) is 18.5 Å². The van der Waals surface area contributed by atoms with Gasteiger partial charge in [0.25, 0.3) is 0 Å². The van der Waals surface area contributed by atoms with Crippen LogP contribution >= 0.6 is 0 Å². The van der Waals surface area contributed by atoms with Crippen LogP contribution < -0.4 is 4.90 Å². The van der Waals surface area contributed by atoms with Crippen LogP contribution in [0.15, 0.2) is 18.2 Å². The second-order valence-corrected chi connectivity index (χ2v) is 3.95. The summed E-state index contributed by atoms with van der Waals surface area (Å²) in [7, 11) is 1.80. The highest BCUT2D eigenvalue weighted by Gasteiger charge is 2.06. The summed E-state index contributed by atoms with van der Waals surface area (Å²) in [5.74, 6) is 0. The molecule has 1 aromatic rings. The number of unbranched alkanes of at least 4 members (excludes halogenated alkanes) is 1. The predicted octanol–water partition coefficient (Wildman–Crippen LogP) is 2.93. The lowest BCUT2D eigenvalue weighted by atomic mass is 10.0. The molecule has 0 fully saturated rings. The van der Waals surface area contributed by atoms with E-state index < -0.39 is 0 Å². The highest BCUT2D eigenvalue weighted by molar-refractivity contribution is 5.76. The second kappa shape index (κ2) is 5.54. The third-order valence-electron chi connectivity index (χ3n) is 2.58. The molecule has 0 saturated heterocycles. The number of nitrogens with zero attached hydrogens (tertiary/aromatic N) is 1. The number of aryl methyl sites for hydroxylation is 2. The van der Waals surface area contributed by atoms with Crippen molar-refractivity contribution in [1.29, 1.82) is 0 Å². The van der Waals surface area contributed by atoms with Crippen LogP contribution in [0.25, 0.3) is 0 Å². The zero-order chi connectivity index (χ0) is 11.3. The number of amides is 1. The van der Waals surface area contributed by atoms with E-state index in [2.05, 4.69) is 25.1 Å². The molecule has 0 spiro atoms. The Morgan fingerprint density at radius 1 is 1.40 bits per heavy atom. The Morgan fingerprint density at radius 3 is 2.73 bits per heavy atom. The van der Waals surface area contributed by atoms with E-state index in [1.165, 1.54) is 24.0 Å². The highest BCUT2D eigenvalue weighted by Crippen LogP contribution is 2.22. The lowest BCUT2D eigenvalue weighted by Crippen LogP contribution is -2.15. The maximum Gasteiger partial charge on any atom is 0.213 e. The van der Waals surface area contributed by atoms with E-state index in [9.17, 15) is 4.79 Å². The Balaban J connectivity index is 2.97. The monoisotopic (exact) mass is 205 g/mol. The number of hydrogen-bond donors (Lipinski definition) is 0. The molecule has 0 aromatic heterocycles. The van der Waals surface area contributed by atoms with Gasteiger partial charge in [0.1, 0.15) is 0 Å². The van der Waals surface area contributed by atoms with Crippen molar-refractivity contribution in [2.24, 2.45) is 0 Å². The molecular weight excluding hydrogens is 186 g/mol. The highest BCUT2D eigenvalue weighted by atomic mass is 16.1. The van der Waals surface area contributed by atoms with E-state index in [0.29, 0.717) is 0 Å². The quantitative estimate of drug-likeness (QED) is 0.677. The summed E-state index contributed by atoms with van der Waals surface area (Å²) in [4.78, 5) is 12.4. The molecule has 1 amide bonds. The molecule has 0 aliphatic carbocycles. The molecule has 0 saturated carbocycles. The van der Waals surface area contributed by atoms with Gasteiger partial charge in [0.15, 0.2) is 0 Å². The smallest absolute Gasteiger partial charge is 0.213 e. The summed E-state index contributed by atoms with van der Waals surface area (Å²) in [5, 5.41) is 0. The lowest BCUT2D eigenvalue weighted by Gasteiger charge is -2.16. The predicted molar refractivity (Wildman–Crippen MR) is 64.3 cm³/mol. The molecule has 1 aromatic carbocycles. The normalized spacial score (nSPS) is 10.1. The van der Waals surface area contributed by atoms with Gasteiger partial charge >= 0.3 is 0 Å². The largest absolute Gasteiger partial charge is 0.318 e. The summed E-state index contributed by atoms with van der Waals surface area (Å²) < 4.78 is 0. The van der Waals surface area contributed by atoms with Gasteiger partial charge in [0.2, 0.25) is 6.41 Å². The van der Waals surface area contributed by atoms with Crippen molar-refractivity contribution in [2.75, 3.05) is 11.9 Å². The SMILES string of the molecule is CCCCc1ccc(C)cc1N(C)C=O. The van der Waals surface area contributed by atoms with Crippen molar-refractivity contribution in [2.45, 2.75) is 33.1 Å². The molecule has 0 aliphatic heterocycles. The van der Waals surface area contributed by atoms with Crippen LogP contribution in [0.2, 0.25) is 0 Å². The number of rotatable bonds is 5. The number of benzene rings is 1. The molecule has 0 aliphatic rings. The van der Waals surface area contributed by atoms with Crippen molar-refractivity contribution in [3.05, 3.63) is 29.3 Å². The van der Waals surface area contributed by atoms with Gasteiger partial charge in [-0.2, -0.15) is 0 Å². The van der Waals surface area contributed by atoms with E-state index in [1.54, 1.807) is 11.9 Å². The second-order valence-electron chi connectivity index (χ2n) is 3.95. The summed E-state index contributed by atoms with van der Waals surface area (Å²) in [5.41, 5.74) is 3.49. The van der Waals surface area contributed by atoms with Gasteiger partial charge in [-0.05, 0) is 37.0 Å². The van der Waals surface area contributed by atoms with Gasteiger partial charge < -0.3 is 4.90 Å². The fourth-order valence-corrected chi connectivity index (χ4v) is 1.64. The maximum absolute atomic E-state index is 10.8. The third-order valence-corrected chi connectivity index (χ3v) is 2.58. The summed E-state index contributed by atoms with van der Waals surface area (Å²) in [6, 6.07) is 6.30. The minimum Gasteiger partial charge on any atom is -0.318 e. The van der Waals surface area contributed by atoms with Gasteiger partial charge in [-0.25, -0.2) is 0 Å². The topological polar surface area (TPSA) is 20.3 Å². The molecule has 0 bridgehead atoms. The fraction of sp³-hybridized carbons (Fsp3) is 0.462. The van der Waals surface area contributed by atoms with Crippen molar-refractivity contribution in [3.8, 4) is 0 Å². The van der Waals surface area contributed by atoms with Crippen LogP contribution in [-0.4, -0.2) is 13.5 Å². The maximum atomic E-state index is 10.8. The first-order chi connectivity index (χ1) is 7.19. The number of hydrogen-bond acceptors (Lipinski definition) is 1. The molecule has 0 heterocycles. The number of carbonyl (C=O) groups excluding carboxylic acids is 1. The molecule has 15 heavy (non-hydrogen) atoms. The standard InChI is InChI=1S/C13H19NO/c1-4-5-6-12-8-7-11(2)9-13(12)14(3)10-15/h7-10H,4-6H2,1-3H3. The van der Waals surface area contributed by atoms with Crippen LogP contribution in [-0.2, 0) is 11.2 Å². The summed E-state index contributed by atoms with van der Waals surface area (Å²) in [6.45, 7) is 4.23. The van der Waals surface area contributed by atoms with Crippen molar-refractivity contribution < 1.29 is 4.79 Å². The van der Waals surface area contributed by atoms with E-state index in [1.807, 2.05) is 6.92 Å². The van der Waals surface area contributed by atoms with Crippen molar-refractivity contribution >= 4 is 12.1 Å². The molecule has 2 nitrogen and oxygen atoms in total. The number of carbonyl (C=O) groups is 1. The molecule has 0 N–H and O–H groups in total. The Hall–Kier alpha value is -1.31. The van der Waals surface area contributed by atoms with E-state index in [-0.39, 0.29) is 0 Å². The Labute approximate surface area is 91.9 Å². The summed E-state index contributed by atoms with van der Waals surface area (Å²) in [6.07, 6.45) is 4.26. The van der Waals surface area contributed by atoms with Crippen LogP contribution in [0.1, 0.15) is 30.9 Å². The first kappa shape index (κ1) is 11.8. The van der Waals surface area contributed by atoms with Gasteiger partial charge in [-0.1, -0.05) is 25.5 Å². The minimum atomic E-state index is 0.865. The van der Waals surface area contributed by atoms with Crippen LogP contribution in [0.4, 0.5) is 5.69 Å². The lowest BCUT2D eigenvalue weighted by molar-refractivity contribution is -0.107. The molecular formula is C13H19NO. The minimum absolute atomic E-state index is 0.865. The van der Waals surface area contributed by atoms with Gasteiger partial charge in [-0.15, -0.1) is 0 Å². The molecule has 1 rings (SSSR count). The average molecular weight is 205 g/mol. The molecule has 0 radical (unpaired) electrons. The van der Waals surface area contributed by atoms with Crippen LogP contribution in [0.5, 0.6) is 0 Å². The van der Waals surface area contributed by atoms with Crippen LogP contribution in [0.3, 0.4) is 0 Å². The van der Waals surface area contributed by atoms with Crippen molar-refractivity contribution in [3.63, 3.8) is 0 Å². The average Bonchev–Trinajstić information content (AvgIpc) is 2.26. The molecule has 2 heteroatoms. The first-order valence-electron chi connectivity index (χ1n) is 5.46. The Morgan fingerprint density at radius 2 is 2.13 bits per heavy atom. The fourth-order valence-electron chi connectivity index (χ4n) is 1.64. The van der Waals surface area contributed by atoms with Crippen molar-refractivity contribution in [1.82, 2.24) is 0 Å². The number of anilines is 1. The Kier molecular flexibility index (Phi) is 4.35. The van der Waals surface area contributed by atoms with Gasteiger partial charge in [0.05, 0.1) is 0 Å². The van der Waals surface area contributed by atoms with Gasteiger partial charge in [-0.3, -0.25) is 4.79 Å².